The fraction of sp³-hybridized carbons (Fsp3) is 0.750. The molecule has 0 bridgehead atoms. The molecule has 3 amide bonds. The summed E-state index contributed by atoms with van der Waals surface area (Å²) in [6, 6.07) is -0.377. The van der Waals surface area contributed by atoms with Crippen molar-refractivity contribution in [3.63, 3.8) is 0 Å². The molecule has 1 fully saturated rings. The number of rotatable bonds is 6. The Bertz CT molecular complexity index is 359. The Morgan fingerprint density at radius 1 is 1.37 bits per heavy atom. The minimum absolute atomic E-state index is 0.0336. The van der Waals surface area contributed by atoms with Crippen LogP contribution in [-0.4, -0.2) is 47.5 Å². The maximum atomic E-state index is 11.8. The molecule has 0 spiro atoms. The number of amides is 3. The Morgan fingerprint density at radius 3 is 2.58 bits per heavy atom. The lowest BCUT2D eigenvalue weighted by Gasteiger charge is -2.22. The zero-order valence-electron chi connectivity index (χ0n) is 11.1. The van der Waals surface area contributed by atoms with Crippen LogP contribution in [0.1, 0.15) is 26.2 Å². The van der Waals surface area contributed by atoms with E-state index in [1.54, 1.807) is 6.92 Å². The highest BCUT2D eigenvalue weighted by Crippen LogP contribution is 2.31. The first-order valence-corrected chi connectivity index (χ1v) is 6.49. The Morgan fingerprint density at radius 2 is 2.05 bits per heavy atom. The number of primary amides is 1. The van der Waals surface area contributed by atoms with E-state index in [-0.39, 0.29) is 24.4 Å². The lowest BCUT2D eigenvalue weighted by atomic mass is 9.96. The molecule has 1 aliphatic carbocycles. The second-order valence-corrected chi connectivity index (χ2v) is 4.80. The molecule has 2 unspecified atom stereocenters. The minimum Gasteiger partial charge on any atom is -0.481 e. The van der Waals surface area contributed by atoms with Crippen molar-refractivity contribution < 1.29 is 19.5 Å². The molecule has 19 heavy (non-hydrogen) atoms. The monoisotopic (exact) mass is 271 g/mol. The van der Waals surface area contributed by atoms with Crippen LogP contribution in [0.5, 0.6) is 0 Å². The number of hydrogen-bond donors (Lipinski definition) is 3. The third-order valence-electron chi connectivity index (χ3n) is 3.51. The molecule has 0 heterocycles. The van der Waals surface area contributed by atoms with Gasteiger partial charge in [-0.1, -0.05) is 6.42 Å². The summed E-state index contributed by atoms with van der Waals surface area (Å²) in [4.78, 5) is 34.9. The molecule has 4 N–H and O–H groups in total. The van der Waals surface area contributed by atoms with Crippen LogP contribution in [0, 0.1) is 11.8 Å². The molecule has 7 nitrogen and oxygen atoms in total. The molecule has 1 rings (SSSR count). The molecule has 0 radical (unpaired) electrons. The Balaban J connectivity index is 2.44. The standard InChI is InChI=1S/C12H21N3O4/c1-2-15(7-10(13)16)12(19)14-6-8-4-3-5-9(8)11(17)18/h8-9H,2-7H2,1H3,(H2,13,16)(H,14,19)(H,17,18). The molecule has 0 saturated heterocycles. The summed E-state index contributed by atoms with van der Waals surface area (Å²) in [5, 5.41) is 11.7. The van der Waals surface area contributed by atoms with Gasteiger partial charge in [0.1, 0.15) is 6.54 Å². The predicted molar refractivity (Wildman–Crippen MR) is 68.3 cm³/mol. The molecular weight excluding hydrogens is 250 g/mol. The van der Waals surface area contributed by atoms with Gasteiger partial charge in [0, 0.05) is 13.1 Å². The summed E-state index contributed by atoms with van der Waals surface area (Å²) in [5.41, 5.74) is 5.05. The van der Waals surface area contributed by atoms with Gasteiger partial charge in [0.2, 0.25) is 5.91 Å². The van der Waals surface area contributed by atoms with Crippen LogP contribution in [0.15, 0.2) is 0 Å². The van der Waals surface area contributed by atoms with Gasteiger partial charge in [0.15, 0.2) is 0 Å². The average Bonchev–Trinajstić information content (AvgIpc) is 2.81. The van der Waals surface area contributed by atoms with E-state index in [9.17, 15) is 14.4 Å². The van der Waals surface area contributed by atoms with Gasteiger partial charge < -0.3 is 21.1 Å². The number of carboxylic acid groups (broad SMARTS) is 1. The minimum atomic E-state index is -0.804. The smallest absolute Gasteiger partial charge is 0.317 e. The molecule has 0 aliphatic heterocycles. The number of carbonyl (C=O) groups is 3. The van der Waals surface area contributed by atoms with E-state index in [1.807, 2.05) is 0 Å². The quantitative estimate of drug-likeness (QED) is 0.631. The number of nitrogens with zero attached hydrogens (tertiary/aromatic N) is 1. The van der Waals surface area contributed by atoms with Gasteiger partial charge in [-0.3, -0.25) is 9.59 Å². The van der Waals surface area contributed by atoms with Crippen LogP contribution in [0.25, 0.3) is 0 Å². The third kappa shape index (κ3) is 4.42. The summed E-state index contributed by atoms with van der Waals surface area (Å²) < 4.78 is 0. The first-order valence-electron chi connectivity index (χ1n) is 6.49. The van der Waals surface area contributed by atoms with E-state index in [0.717, 1.165) is 12.8 Å². The molecule has 1 saturated carbocycles. The van der Waals surface area contributed by atoms with Gasteiger partial charge in [-0.15, -0.1) is 0 Å². The fourth-order valence-electron chi connectivity index (χ4n) is 2.45. The first kappa shape index (κ1) is 15.3. The van der Waals surface area contributed by atoms with Gasteiger partial charge in [-0.05, 0) is 25.7 Å². The van der Waals surface area contributed by atoms with Gasteiger partial charge in [-0.2, -0.15) is 0 Å². The van der Waals surface area contributed by atoms with Crippen molar-refractivity contribution in [3.8, 4) is 0 Å². The van der Waals surface area contributed by atoms with Gasteiger partial charge >= 0.3 is 12.0 Å². The molecule has 108 valence electrons. The summed E-state index contributed by atoms with van der Waals surface area (Å²) in [7, 11) is 0. The maximum absolute atomic E-state index is 11.8. The summed E-state index contributed by atoms with van der Waals surface area (Å²) in [6.07, 6.45) is 2.34. The van der Waals surface area contributed by atoms with Crippen LogP contribution >= 0.6 is 0 Å². The van der Waals surface area contributed by atoms with Crippen molar-refractivity contribution in [1.82, 2.24) is 10.2 Å². The number of urea groups is 1. The number of aliphatic carboxylic acids is 1. The predicted octanol–water partition coefficient (Wildman–Crippen LogP) is 0.00410. The van der Waals surface area contributed by atoms with Crippen molar-refractivity contribution in [2.45, 2.75) is 26.2 Å². The average molecular weight is 271 g/mol. The lowest BCUT2D eigenvalue weighted by Crippen LogP contribution is -2.46. The molecular formula is C12H21N3O4. The lowest BCUT2D eigenvalue weighted by molar-refractivity contribution is -0.142. The van der Waals surface area contributed by atoms with Crippen molar-refractivity contribution in [1.29, 1.82) is 0 Å². The zero-order valence-corrected chi connectivity index (χ0v) is 11.1. The highest BCUT2D eigenvalue weighted by Gasteiger charge is 2.33. The Hall–Kier alpha value is -1.79. The van der Waals surface area contributed by atoms with Crippen LogP contribution < -0.4 is 11.1 Å². The van der Waals surface area contributed by atoms with E-state index in [4.69, 9.17) is 10.8 Å². The Labute approximate surface area is 112 Å². The molecule has 0 aromatic rings. The second kappa shape index (κ2) is 6.96. The molecule has 0 aromatic carbocycles. The van der Waals surface area contributed by atoms with E-state index in [1.165, 1.54) is 4.90 Å². The van der Waals surface area contributed by atoms with E-state index in [0.29, 0.717) is 19.5 Å². The Kier molecular flexibility index (Phi) is 5.59. The topological polar surface area (TPSA) is 113 Å². The summed E-state index contributed by atoms with van der Waals surface area (Å²) >= 11 is 0. The fourth-order valence-corrected chi connectivity index (χ4v) is 2.45. The number of likely N-dealkylation sites (N-methyl/N-ethyl adjacent to an activating group) is 1. The summed E-state index contributed by atoms with van der Waals surface area (Å²) in [6.45, 7) is 2.32. The van der Waals surface area contributed by atoms with Crippen LogP contribution in [0.3, 0.4) is 0 Å². The number of nitrogens with one attached hydrogen (secondary N) is 1. The van der Waals surface area contributed by atoms with Crippen LogP contribution in [0.4, 0.5) is 4.79 Å². The van der Waals surface area contributed by atoms with Gasteiger partial charge in [-0.25, -0.2) is 4.79 Å². The number of hydrogen-bond acceptors (Lipinski definition) is 3. The highest BCUT2D eigenvalue weighted by molar-refractivity contribution is 5.82. The van der Waals surface area contributed by atoms with Gasteiger partial charge in [0.05, 0.1) is 5.92 Å². The van der Waals surface area contributed by atoms with Crippen molar-refractivity contribution >= 4 is 17.9 Å². The van der Waals surface area contributed by atoms with Gasteiger partial charge in [0.25, 0.3) is 0 Å². The van der Waals surface area contributed by atoms with Crippen molar-refractivity contribution in [2.24, 2.45) is 17.6 Å². The van der Waals surface area contributed by atoms with Crippen LogP contribution in [0.2, 0.25) is 0 Å². The van der Waals surface area contributed by atoms with Crippen LogP contribution in [-0.2, 0) is 9.59 Å². The number of carbonyl (C=O) groups excluding carboxylic acids is 2. The van der Waals surface area contributed by atoms with Crippen molar-refractivity contribution in [3.05, 3.63) is 0 Å². The second-order valence-electron chi connectivity index (χ2n) is 4.80. The molecule has 0 aromatic heterocycles. The normalized spacial score (nSPS) is 21.9. The van der Waals surface area contributed by atoms with E-state index in [2.05, 4.69) is 5.32 Å². The maximum Gasteiger partial charge on any atom is 0.317 e. The SMILES string of the molecule is CCN(CC(N)=O)C(=O)NCC1CCCC1C(=O)O. The van der Waals surface area contributed by atoms with Crippen molar-refractivity contribution in [2.75, 3.05) is 19.6 Å². The number of nitrogens with two attached hydrogens (primary N) is 1. The highest BCUT2D eigenvalue weighted by atomic mass is 16.4. The first-order chi connectivity index (χ1) is 8.95. The van der Waals surface area contributed by atoms with E-state index < -0.39 is 11.9 Å². The largest absolute Gasteiger partial charge is 0.481 e. The molecule has 1 aliphatic rings. The number of carboxylic acids is 1. The summed E-state index contributed by atoms with van der Waals surface area (Å²) in [5.74, 6) is -1.79. The zero-order chi connectivity index (χ0) is 14.4. The molecule has 7 heteroatoms. The third-order valence-corrected chi connectivity index (χ3v) is 3.51. The van der Waals surface area contributed by atoms with E-state index >= 15 is 0 Å². The molecule has 2 atom stereocenters.